The second-order valence-corrected chi connectivity index (χ2v) is 13.6. The Labute approximate surface area is 247 Å². The zero-order chi connectivity index (χ0) is 29.3. The molecule has 0 bridgehead atoms. The van der Waals surface area contributed by atoms with Gasteiger partial charge in [0.2, 0.25) is 0 Å². The van der Waals surface area contributed by atoms with Gasteiger partial charge in [0.25, 0.3) is 10.0 Å². The van der Waals surface area contributed by atoms with Crippen LogP contribution in [-0.4, -0.2) is 13.5 Å². The van der Waals surface area contributed by atoms with Gasteiger partial charge in [-0.05, 0) is 86.1 Å². The predicted octanol–water partition coefficient (Wildman–Crippen LogP) is 7.83. The van der Waals surface area contributed by atoms with Crippen molar-refractivity contribution in [2.45, 2.75) is 80.9 Å². The van der Waals surface area contributed by atoms with E-state index in [9.17, 15) is 18.3 Å². The summed E-state index contributed by atoms with van der Waals surface area (Å²) in [4.78, 5) is 13.4. The molecule has 42 heavy (non-hydrogen) atoms. The van der Waals surface area contributed by atoms with Gasteiger partial charge in [-0.25, -0.2) is 13.2 Å². The number of aromatic hydroxyl groups is 1. The topological polar surface area (TPSA) is 96.6 Å². The lowest BCUT2D eigenvalue weighted by Crippen LogP contribution is -2.26. The standard InChI is InChI=1S/C35H37NO5S/c1-24-16-19-29(32(31(24)27-17-18-27)26-14-6-3-7-15-26)42(39,40)36-33-28(37)23-30(41-34(33)38)35(20-8-9-21-35)22-10-13-25-11-4-2-5-12-25/h2-7,11-12,14-16,19,23,27,36-37H,8-10,13,17-18,20-22H2,1H3. The van der Waals surface area contributed by atoms with E-state index in [2.05, 4.69) is 16.9 Å². The Bertz CT molecular complexity index is 1740. The van der Waals surface area contributed by atoms with Crippen molar-refractivity contribution in [2.24, 2.45) is 0 Å². The summed E-state index contributed by atoms with van der Waals surface area (Å²) in [5.74, 6) is 0.336. The van der Waals surface area contributed by atoms with Gasteiger partial charge in [0, 0.05) is 17.0 Å². The van der Waals surface area contributed by atoms with E-state index in [4.69, 9.17) is 4.42 Å². The molecular formula is C35H37NO5S. The van der Waals surface area contributed by atoms with Crippen LogP contribution in [0.1, 0.15) is 79.7 Å². The van der Waals surface area contributed by atoms with Gasteiger partial charge < -0.3 is 9.52 Å². The van der Waals surface area contributed by atoms with Crippen molar-refractivity contribution in [1.82, 2.24) is 0 Å². The van der Waals surface area contributed by atoms with E-state index in [1.165, 1.54) is 11.6 Å². The van der Waals surface area contributed by atoms with Crippen LogP contribution in [0, 0.1) is 6.92 Å². The minimum absolute atomic E-state index is 0.0808. The fourth-order valence-corrected chi connectivity index (χ4v) is 8.01. The first-order chi connectivity index (χ1) is 20.3. The molecular weight excluding hydrogens is 546 g/mol. The minimum atomic E-state index is -4.24. The maximum Gasteiger partial charge on any atom is 0.364 e. The second kappa shape index (κ2) is 11.4. The van der Waals surface area contributed by atoms with Crippen molar-refractivity contribution in [2.75, 3.05) is 4.72 Å². The molecule has 218 valence electrons. The molecule has 2 aliphatic rings. The molecule has 1 heterocycles. The van der Waals surface area contributed by atoms with Crippen LogP contribution in [0.5, 0.6) is 5.75 Å². The van der Waals surface area contributed by atoms with E-state index in [1.54, 1.807) is 6.07 Å². The molecule has 2 saturated carbocycles. The Balaban J connectivity index is 1.32. The largest absolute Gasteiger partial charge is 0.505 e. The van der Waals surface area contributed by atoms with Crippen molar-refractivity contribution < 1.29 is 17.9 Å². The molecule has 3 aromatic carbocycles. The summed E-state index contributed by atoms with van der Waals surface area (Å²) in [5, 5.41) is 11.1. The van der Waals surface area contributed by atoms with Crippen LogP contribution in [0.25, 0.3) is 11.1 Å². The molecule has 6 rings (SSSR count). The van der Waals surface area contributed by atoms with Crippen molar-refractivity contribution in [1.29, 1.82) is 0 Å². The summed E-state index contributed by atoms with van der Waals surface area (Å²) in [6.45, 7) is 2.00. The summed E-state index contributed by atoms with van der Waals surface area (Å²) in [7, 11) is -4.24. The fraction of sp³-hybridized carbons (Fsp3) is 0.343. The Morgan fingerprint density at radius 1 is 0.952 bits per heavy atom. The molecule has 0 radical (unpaired) electrons. The maximum atomic E-state index is 13.9. The predicted molar refractivity (Wildman–Crippen MR) is 166 cm³/mol. The average Bonchev–Trinajstić information content (AvgIpc) is 3.71. The molecule has 0 saturated heterocycles. The molecule has 6 nitrogen and oxygen atoms in total. The Hall–Kier alpha value is -3.84. The van der Waals surface area contributed by atoms with Crippen molar-refractivity contribution in [3.05, 3.63) is 112 Å². The van der Waals surface area contributed by atoms with Crippen LogP contribution in [0.4, 0.5) is 5.69 Å². The monoisotopic (exact) mass is 583 g/mol. The van der Waals surface area contributed by atoms with Gasteiger partial charge >= 0.3 is 5.63 Å². The number of nitrogens with one attached hydrogen (secondary N) is 1. The number of rotatable bonds is 10. The van der Waals surface area contributed by atoms with Gasteiger partial charge in [-0.1, -0.05) is 79.6 Å². The number of sulfonamides is 1. The zero-order valence-corrected chi connectivity index (χ0v) is 24.8. The Morgan fingerprint density at radius 2 is 1.62 bits per heavy atom. The number of benzene rings is 3. The molecule has 2 N–H and O–H groups in total. The lowest BCUT2D eigenvalue weighted by atomic mass is 9.78. The highest BCUT2D eigenvalue weighted by Gasteiger charge is 2.39. The maximum absolute atomic E-state index is 13.9. The normalized spacial score (nSPS) is 16.4. The van der Waals surface area contributed by atoms with Crippen LogP contribution < -0.4 is 10.3 Å². The number of hydrogen-bond donors (Lipinski definition) is 2. The van der Waals surface area contributed by atoms with Crippen LogP contribution in [-0.2, 0) is 21.9 Å². The lowest BCUT2D eigenvalue weighted by molar-refractivity contribution is 0.292. The fourth-order valence-electron chi connectivity index (χ4n) is 6.70. The van der Waals surface area contributed by atoms with Crippen molar-refractivity contribution in [3.8, 4) is 16.9 Å². The summed E-state index contributed by atoms with van der Waals surface area (Å²) in [6.07, 6.45) is 8.44. The first kappa shape index (κ1) is 28.3. The summed E-state index contributed by atoms with van der Waals surface area (Å²) in [5.41, 5.74) is 3.09. The summed E-state index contributed by atoms with van der Waals surface area (Å²) >= 11 is 0. The second-order valence-electron chi connectivity index (χ2n) is 11.9. The lowest BCUT2D eigenvalue weighted by Gasteiger charge is -2.28. The summed E-state index contributed by atoms with van der Waals surface area (Å²) < 4.78 is 36.0. The molecule has 0 amide bonds. The third-order valence-corrected chi connectivity index (χ3v) is 10.4. The Kier molecular flexibility index (Phi) is 7.71. The van der Waals surface area contributed by atoms with E-state index in [1.807, 2.05) is 61.5 Å². The van der Waals surface area contributed by atoms with E-state index in [0.29, 0.717) is 17.2 Å². The van der Waals surface area contributed by atoms with Crippen molar-refractivity contribution in [3.63, 3.8) is 0 Å². The highest BCUT2D eigenvalue weighted by Crippen LogP contribution is 2.49. The molecule has 4 aromatic rings. The number of hydrogen-bond acceptors (Lipinski definition) is 5. The highest BCUT2D eigenvalue weighted by atomic mass is 32.2. The molecule has 0 atom stereocenters. The van der Waals surface area contributed by atoms with Gasteiger partial charge in [-0.2, -0.15) is 0 Å². The smallest absolute Gasteiger partial charge is 0.364 e. The van der Waals surface area contributed by atoms with Crippen LogP contribution >= 0.6 is 0 Å². The number of anilines is 1. The van der Waals surface area contributed by atoms with E-state index >= 15 is 0 Å². The van der Waals surface area contributed by atoms with Gasteiger partial charge in [0.05, 0.1) is 4.90 Å². The third kappa shape index (κ3) is 5.62. The first-order valence-corrected chi connectivity index (χ1v) is 16.4. The Morgan fingerprint density at radius 3 is 2.26 bits per heavy atom. The molecule has 1 aromatic heterocycles. The first-order valence-electron chi connectivity index (χ1n) is 14.9. The van der Waals surface area contributed by atoms with Crippen molar-refractivity contribution >= 4 is 15.7 Å². The molecule has 0 spiro atoms. The van der Waals surface area contributed by atoms with Gasteiger partial charge in [-0.15, -0.1) is 0 Å². The molecule has 7 heteroatoms. The summed E-state index contributed by atoms with van der Waals surface area (Å²) in [6, 6.07) is 24.6. The zero-order valence-electron chi connectivity index (χ0n) is 23.9. The minimum Gasteiger partial charge on any atom is -0.505 e. The number of aryl methyl sites for hydroxylation is 2. The SMILES string of the molecule is Cc1ccc(S(=O)(=O)Nc2c(O)cc(C3(CCCc4ccccc4)CCCC3)oc2=O)c(-c2ccccc2)c1C1CC1. The molecule has 2 aliphatic carbocycles. The van der Waals surface area contributed by atoms with Crippen LogP contribution in [0.3, 0.4) is 0 Å². The van der Waals surface area contributed by atoms with E-state index in [0.717, 1.165) is 74.5 Å². The van der Waals surface area contributed by atoms with E-state index in [-0.39, 0.29) is 10.3 Å². The quantitative estimate of drug-likeness (QED) is 0.198. The average molecular weight is 584 g/mol. The van der Waals surface area contributed by atoms with Crippen LogP contribution in [0.2, 0.25) is 0 Å². The van der Waals surface area contributed by atoms with E-state index < -0.39 is 27.1 Å². The molecule has 0 unspecified atom stereocenters. The van der Waals surface area contributed by atoms with Crippen LogP contribution in [0.15, 0.2) is 93.0 Å². The van der Waals surface area contributed by atoms with Gasteiger partial charge in [0.1, 0.15) is 5.76 Å². The highest BCUT2D eigenvalue weighted by molar-refractivity contribution is 7.92. The molecule has 0 aliphatic heterocycles. The third-order valence-electron chi connectivity index (χ3n) is 8.98. The molecule has 2 fully saturated rings. The van der Waals surface area contributed by atoms with Gasteiger partial charge in [-0.3, -0.25) is 4.72 Å². The van der Waals surface area contributed by atoms with Gasteiger partial charge in [0.15, 0.2) is 11.4 Å².